The van der Waals surface area contributed by atoms with Crippen LogP contribution < -0.4 is 0 Å². The van der Waals surface area contributed by atoms with Crippen molar-refractivity contribution in [2.24, 2.45) is 51.8 Å². The molecule has 1 aromatic rings. The average molecular weight is 560 g/mol. The molecule has 5 fully saturated rings. The molecular weight excluding hydrogens is 506 g/mol. The number of rotatable bonds is 8. The van der Waals surface area contributed by atoms with Crippen molar-refractivity contribution in [2.45, 2.75) is 129 Å². The zero-order chi connectivity index (χ0) is 29.0. The molecule has 0 saturated heterocycles. The summed E-state index contributed by atoms with van der Waals surface area (Å²) in [6.07, 6.45) is 15.3. The first-order valence-electron chi connectivity index (χ1n) is 17.0. The third-order valence-corrected chi connectivity index (χ3v) is 14.0. The molecule has 0 radical (unpaired) electrons. The average Bonchev–Trinajstić information content (AvgIpc) is 3.70. The third kappa shape index (κ3) is 4.97. The SMILES string of the molecule is CC[C@]1(O)CC[C@@]2(C)[C@@H](CC[C@@H]3[C@@H]2CC[C@]2(C)[C@@H]([C@H](C)CC[C@H](OC(=O)c4ccccc4)C4(C#N)CC4)CC[C@@H]32)C1. The molecule has 4 heteroatoms. The van der Waals surface area contributed by atoms with E-state index in [0.717, 1.165) is 62.7 Å². The minimum atomic E-state index is -0.484. The maximum atomic E-state index is 13.0. The molecule has 5 aliphatic rings. The molecule has 1 N–H and O–H groups in total. The molecule has 10 atom stereocenters. The van der Waals surface area contributed by atoms with Gasteiger partial charge in [0.1, 0.15) is 6.10 Å². The predicted octanol–water partition coefficient (Wildman–Crippen LogP) is 8.73. The second kappa shape index (κ2) is 10.7. The molecule has 4 nitrogen and oxygen atoms in total. The van der Waals surface area contributed by atoms with E-state index in [1.807, 2.05) is 18.2 Å². The van der Waals surface area contributed by atoms with Crippen LogP contribution in [-0.4, -0.2) is 22.8 Å². The summed E-state index contributed by atoms with van der Waals surface area (Å²) in [5.74, 6) is 4.15. The summed E-state index contributed by atoms with van der Waals surface area (Å²) in [5, 5.41) is 21.1. The zero-order valence-corrected chi connectivity index (χ0v) is 26.0. The van der Waals surface area contributed by atoms with Crippen LogP contribution in [-0.2, 0) is 4.74 Å². The third-order valence-electron chi connectivity index (χ3n) is 14.0. The van der Waals surface area contributed by atoms with Gasteiger partial charge in [-0.05, 0) is 148 Å². The largest absolute Gasteiger partial charge is 0.457 e. The summed E-state index contributed by atoms with van der Waals surface area (Å²) in [4.78, 5) is 13.0. The number of esters is 1. The van der Waals surface area contributed by atoms with Gasteiger partial charge < -0.3 is 9.84 Å². The summed E-state index contributed by atoms with van der Waals surface area (Å²) < 4.78 is 6.08. The minimum Gasteiger partial charge on any atom is -0.457 e. The van der Waals surface area contributed by atoms with Gasteiger partial charge in [0, 0.05) is 0 Å². The van der Waals surface area contributed by atoms with Gasteiger partial charge in [0.2, 0.25) is 0 Å². The number of nitrogens with zero attached hydrogens (tertiary/aromatic N) is 1. The van der Waals surface area contributed by atoms with Gasteiger partial charge in [0.05, 0.1) is 22.6 Å². The van der Waals surface area contributed by atoms with Crippen molar-refractivity contribution in [3.8, 4) is 6.07 Å². The predicted molar refractivity (Wildman–Crippen MR) is 162 cm³/mol. The van der Waals surface area contributed by atoms with Crippen molar-refractivity contribution >= 4 is 5.97 Å². The Morgan fingerprint density at radius 1 is 0.976 bits per heavy atom. The molecule has 0 spiro atoms. The maximum absolute atomic E-state index is 13.0. The molecule has 0 aliphatic heterocycles. The summed E-state index contributed by atoms with van der Waals surface area (Å²) >= 11 is 0. The molecule has 5 aliphatic carbocycles. The van der Waals surface area contributed by atoms with E-state index in [4.69, 9.17) is 4.74 Å². The van der Waals surface area contributed by atoms with Crippen LogP contribution >= 0.6 is 0 Å². The van der Waals surface area contributed by atoms with Gasteiger partial charge in [0.15, 0.2) is 0 Å². The maximum Gasteiger partial charge on any atom is 0.338 e. The van der Waals surface area contributed by atoms with Gasteiger partial charge in [0.25, 0.3) is 0 Å². The number of nitriles is 1. The number of carbonyl (C=O) groups excluding carboxylic acids is 1. The first kappa shape index (κ1) is 29.2. The highest BCUT2D eigenvalue weighted by atomic mass is 16.5. The normalized spacial score (nSPS) is 42.1. The molecule has 0 amide bonds. The van der Waals surface area contributed by atoms with Crippen molar-refractivity contribution in [1.29, 1.82) is 5.26 Å². The van der Waals surface area contributed by atoms with E-state index >= 15 is 0 Å². The number of benzene rings is 1. The molecule has 0 bridgehead atoms. The van der Waals surface area contributed by atoms with Crippen molar-refractivity contribution in [2.75, 3.05) is 0 Å². The summed E-state index contributed by atoms with van der Waals surface area (Å²) in [5.41, 5.74) is 0.462. The minimum absolute atomic E-state index is 0.292. The van der Waals surface area contributed by atoms with Gasteiger partial charge in [-0.2, -0.15) is 5.26 Å². The molecular formula is C37H53NO3. The lowest BCUT2D eigenvalue weighted by molar-refractivity contribution is -0.152. The Morgan fingerprint density at radius 2 is 1.71 bits per heavy atom. The Bertz CT molecular complexity index is 1150. The van der Waals surface area contributed by atoms with Gasteiger partial charge in [-0.1, -0.05) is 45.9 Å². The van der Waals surface area contributed by atoms with Crippen LogP contribution in [0.2, 0.25) is 0 Å². The highest BCUT2D eigenvalue weighted by Crippen LogP contribution is 2.69. The van der Waals surface area contributed by atoms with Crippen molar-refractivity contribution in [1.82, 2.24) is 0 Å². The fourth-order valence-electron chi connectivity index (χ4n) is 11.1. The Kier molecular flexibility index (Phi) is 7.62. The highest BCUT2D eigenvalue weighted by Gasteiger charge is 2.61. The summed E-state index contributed by atoms with van der Waals surface area (Å²) in [7, 11) is 0. The quantitative estimate of drug-likeness (QED) is 0.323. The van der Waals surface area contributed by atoms with E-state index in [-0.39, 0.29) is 12.1 Å². The van der Waals surface area contributed by atoms with Gasteiger partial charge in [-0.3, -0.25) is 0 Å². The Hall–Kier alpha value is -1.86. The van der Waals surface area contributed by atoms with Gasteiger partial charge in [-0.15, -0.1) is 0 Å². The van der Waals surface area contributed by atoms with Crippen LogP contribution in [0.4, 0.5) is 0 Å². The summed E-state index contributed by atoms with van der Waals surface area (Å²) in [6.45, 7) is 9.83. The highest BCUT2D eigenvalue weighted by molar-refractivity contribution is 5.89. The Morgan fingerprint density at radius 3 is 2.39 bits per heavy atom. The van der Waals surface area contributed by atoms with Crippen LogP contribution in [0, 0.1) is 63.1 Å². The van der Waals surface area contributed by atoms with Crippen LogP contribution in [0.1, 0.15) is 128 Å². The molecule has 0 heterocycles. The number of hydrogen-bond acceptors (Lipinski definition) is 4. The number of fused-ring (bicyclic) bond motifs is 5. The van der Waals surface area contributed by atoms with E-state index in [1.165, 1.54) is 44.9 Å². The molecule has 5 saturated carbocycles. The fourth-order valence-corrected chi connectivity index (χ4v) is 11.1. The van der Waals surface area contributed by atoms with E-state index in [9.17, 15) is 15.2 Å². The number of ether oxygens (including phenoxy) is 1. The molecule has 41 heavy (non-hydrogen) atoms. The van der Waals surface area contributed by atoms with Crippen LogP contribution in [0.5, 0.6) is 0 Å². The number of carbonyl (C=O) groups is 1. The molecule has 0 unspecified atom stereocenters. The smallest absolute Gasteiger partial charge is 0.338 e. The molecule has 6 rings (SSSR count). The van der Waals surface area contributed by atoms with Crippen LogP contribution in [0.3, 0.4) is 0 Å². The lowest BCUT2D eigenvalue weighted by Gasteiger charge is -2.62. The Balaban J connectivity index is 1.12. The van der Waals surface area contributed by atoms with Gasteiger partial charge in [-0.25, -0.2) is 4.79 Å². The van der Waals surface area contributed by atoms with Crippen molar-refractivity contribution in [3.05, 3.63) is 35.9 Å². The lowest BCUT2D eigenvalue weighted by atomic mass is 9.43. The second-order valence-electron chi connectivity index (χ2n) is 15.7. The standard InChI is InChI=1S/C37H53NO3/c1-5-37(40)22-19-34(3)27(23-37)12-13-28-30-15-14-29(35(30,4)18-17-31(28)34)25(2)11-16-32(36(24-38)20-21-36)41-33(39)26-9-7-6-8-10-26/h6-10,25,27-32,40H,5,11-23H2,1-4H3/t25-,27+,28+,29-,30+,31+,32+,34+,35-,37+/m1/s1. The number of aliphatic hydroxyl groups is 1. The van der Waals surface area contributed by atoms with Gasteiger partial charge >= 0.3 is 5.97 Å². The summed E-state index contributed by atoms with van der Waals surface area (Å²) in [6, 6.07) is 11.8. The van der Waals surface area contributed by atoms with E-state index < -0.39 is 11.0 Å². The molecule has 224 valence electrons. The number of hydrogen-bond donors (Lipinski definition) is 1. The second-order valence-corrected chi connectivity index (χ2v) is 15.7. The van der Waals surface area contributed by atoms with Crippen molar-refractivity contribution < 1.29 is 14.6 Å². The van der Waals surface area contributed by atoms with Crippen molar-refractivity contribution in [3.63, 3.8) is 0 Å². The van der Waals surface area contributed by atoms with E-state index in [2.05, 4.69) is 33.8 Å². The van der Waals surface area contributed by atoms with Crippen LogP contribution in [0.15, 0.2) is 30.3 Å². The first-order valence-corrected chi connectivity index (χ1v) is 17.0. The molecule has 0 aromatic heterocycles. The van der Waals surface area contributed by atoms with E-state index in [0.29, 0.717) is 34.1 Å². The molecule has 1 aromatic carbocycles. The zero-order valence-electron chi connectivity index (χ0n) is 26.0. The topological polar surface area (TPSA) is 70.3 Å². The van der Waals surface area contributed by atoms with E-state index in [1.54, 1.807) is 12.1 Å². The monoisotopic (exact) mass is 559 g/mol. The Labute approximate surface area is 248 Å². The lowest BCUT2D eigenvalue weighted by Crippen LogP contribution is -2.56. The fraction of sp³-hybridized carbons (Fsp3) is 0.784. The first-order chi connectivity index (χ1) is 19.6. The van der Waals surface area contributed by atoms with Crippen LogP contribution in [0.25, 0.3) is 0 Å².